The number of nitrogens with one attached hydrogen (secondary N) is 1. The third-order valence-electron chi connectivity index (χ3n) is 6.60. The molecule has 0 aliphatic carbocycles. The summed E-state index contributed by atoms with van der Waals surface area (Å²) in [6, 6.07) is 11.3. The van der Waals surface area contributed by atoms with Crippen molar-refractivity contribution in [2.24, 2.45) is 0 Å². The van der Waals surface area contributed by atoms with Crippen molar-refractivity contribution in [1.82, 2.24) is 24.4 Å². The minimum Gasteiger partial charge on any atom is -0.489 e. The SMILES string of the molecule is Cc1nc2nc(Nc3ccc4c(c3)N3CCN(C)CC3CO4)ncc2c(=O)n1-c1c(Cl)cccc1Cl. The van der Waals surface area contributed by atoms with Crippen LogP contribution in [-0.2, 0) is 0 Å². The van der Waals surface area contributed by atoms with Gasteiger partial charge in [0.2, 0.25) is 5.95 Å². The van der Waals surface area contributed by atoms with E-state index in [9.17, 15) is 4.79 Å². The number of anilines is 3. The number of aryl methyl sites for hydroxylation is 1. The van der Waals surface area contributed by atoms with Gasteiger partial charge in [0.15, 0.2) is 5.65 Å². The van der Waals surface area contributed by atoms with Crippen molar-refractivity contribution in [3.05, 3.63) is 68.8 Å². The molecule has 1 unspecified atom stereocenters. The van der Waals surface area contributed by atoms with Gasteiger partial charge in [0, 0.05) is 31.5 Å². The first-order valence-corrected chi connectivity index (χ1v) is 12.3. The summed E-state index contributed by atoms with van der Waals surface area (Å²) < 4.78 is 7.39. The molecule has 1 saturated heterocycles. The minimum atomic E-state index is -0.342. The van der Waals surface area contributed by atoms with Crippen molar-refractivity contribution in [3.63, 3.8) is 0 Å². The van der Waals surface area contributed by atoms with E-state index >= 15 is 0 Å². The minimum absolute atomic E-state index is 0.265. The number of fused-ring (bicyclic) bond motifs is 4. The van der Waals surface area contributed by atoms with Crippen molar-refractivity contribution in [2.75, 3.05) is 43.5 Å². The van der Waals surface area contributed by atoms with Gasteiger partial charge >= 0.3 is 0 Å². The predicted octanol–water partition coefficient (Wildman–Crippen LogP) is 4.05. The smallest absolute Gasteiger partial charge is 0.269 e. The number of benzene rings is 2. The second kappa shape index (κ2) is 8.92. The van der Waals surface area contributed by atoms with Gasteiger partial charge in [-0.15, -0.1) is 0 Å². The van der Waals surface area contributed by atoms with Crippen LogP contribution in [0.15, 0.2) is 47.4 Å². The Morgan fingerprint density at radius 3 is 2.72 bits per heavy atom. The van der Waals surface area contributed by atoms with Gasteiger partial charge in [-0.3, -0.25) is 9.36 Å². The molecule has 2 aromatic heterocycles. The molecule has 6 rings (SSSR count). The summed E-state index contributed by atoms with van der Waals surface area (Å²) in [4.78, 5) is 31.5. The van der Waals surface area contributed by atoms with Gasteiger partial charge in [0.1, 0.15) is 23.6 Å². The fourth-order valence-electron chi connectivity index (χ4n) is 4.83. The maximum atomic E-state index is 13.3. The Morgan fingerprint density at radius 1 is 1.11 bits per heavy atom. The zero-order valence-corrected chi connectivity index (χ0v) is 21.2. The summed E-state index contributed by atoms with van der Waals surface area (Å²) >= 11 is 12.7. The zero-order valence-electron chi connectivity index (χ0n) is 19.7. The van der Waals surface area contributed by atoms with Crippen LogP contribution < -0.4 is 20.5 Å². The number of rotatable bonds is 3. The summed E-state index contributed by atoms with van der Waals surface area (Å²) in [6.07, 6.45) is 1.47. The van der Waals surface area contributed by atoms with E-state index in [1.54, 1.807) is 25.1 Å². The Bertz CT molecular complexity index is 1540. The van der Waals surface area contributed by atoms with Crippen molar-refractivity contribution < 1.29 is 4.74 Å². The normalized spacial score (nSPS) is 17.4. The Hall–Kier alpha value is -3.40. The van der Waals surface area contributed by atoms with Gasteiger partial charge in [0.05, 0.1) is 27.5 Å². The van der Waals surface area contributed by atoms with Crippen LogP contribution in [0.2, 0.25) is 10.0 Å². The molecule has 1 fully saturated rings. The van der Waals surface area contributed by atoms with E-state index in [2.05, 4.69) is 43.2 Å². The van der Waals surface area contributed by atoms with Crippen LogP contribution in [0.3, 0.4) is 0 Å². The third-order valence-corrected chi connectivity index (χ3v) is 7.21. The summed E-state index contributed by atoms with van der Waals surface area (Å²) in [7, 11) is 2.13. The van der Waals surface area contributed by atoms with Crippen LogP contribution in [0, 0.1) is 6.92 Å². The topological polar surface area (TPSA) is 88.4 Å². The highest BCUT2D eigenvalue weighted by atomic mass is 35.5. The maximum absolute atomic E-state index is 13.3. The van der Waals surface area contributed by atoms with E-state index in [0.717, 1.165) is 36.8 Å². The second-order valence-corrected chi connectivity index (χ2v) is 9.84. The number of halogens is 2. The van der Waals surface area contributed by atoms with Crippen LogP contribution in [0.1, 0.15) is 5.82 Å². The molecular weight excluding hydrogens is 501 g/mol. The molecule has 9 nitrogen and oxygen atoms in total. The molecule has 1 atom stereocenters. The molecule has 0 saturated carbocycles. The first kappa shape index (κ1) is 23.0. The van der Waals surface area contributed by atoms with Crippen molar-refractivity contribution >= 4 is 51.6 Å². The quantitative estimate of drug-likeness (QED) is 0.430. The van der Waals surface area contributed by atoms with E-state index in [-0.39, 0.29) is 16.6 Å². The number of piperazine rings is 1. The third kappa shape index (κ3) is 3.93. The van der Waals surface area contributed by atoms with Crippen molar-refractivity contribution in [1.29, 1.82) is 0 Å². The number of hydrogen-bond acceptors (Lipinski definition) is 8. The van der Waals surface area contributed by atoms with Crippen LogP contribution in [-0.4, -0.2) is 63.7 Å². The number of nitrogens with zero attached hydrogens (tertiary/aromatic N) is 6. The molecule has 0 radical (unpaired) electrons. The molecule has 4 aromatic rings. The lowest BCUT2D eigenvalue weighted by Crippen LogP contribution is -2.56. The molecule has 36 heavy (non-hydrogen) atoms. The van der Waals surface area contributed by atoms with Crippen LogP contribution >= 0.6 is 23.2 Å². The highest BCUT2D eigenvalue weighted by molar-refractivity contribution is 6.37. The predicted molar refractivity (Wildman–Crippen MR) is 142 cm³/mol. The molecule has 2 aromatic carbocycles. The van der Waals surface area contributed by atoms with Crippen molar-refractivity contribution in [3.8, 4) is 11.4 Å². The Labute approximate surface area is 217 Å². The molecule has 2 aliphatic heterocycles. The van der Waals surface area contributed by atoms with Gasteiger partial charge < -0.3 is 19.9 Å². The lowest BCUT2D eigenvalue weighted by Gasteiger charge is -2.44. The summed E-state index contributed by atoms with van der Waals surface area (Å²) in [5, 5.41) is 4.22. The standard InChI is InChI=1S/C25H23Cl2N7O2/c1-14-29-23-17(24(35)34(14)22-18(26)4-3-5-19(22)27)11-28-25(31-23)30-15-6-7-21-20(10-15)33-9-8-32(2)12-16(33)13-36-21/h3-7,10-11,16H,8-9,12-13H2,1-2H3,(H,28,30,31). The molecule has 11 heteroatoms. The first-order valence-electron chi connectivity index (χ1n) is 11.6. The number of likely N-dealkylation sites (N-methyl/N-ethyl adjacent to an activating group) is 1. The van der Waals surface area contributed by atoms with E-state index in [4.69, 9.17) is 27.9 Å². The zero-order chi connectivity index (χ0) is 25.0. The summed E-state index contributed by atoms with van der Waals surface area (Å²) in [5.41, 5.74) is 2.21. The first-order chi connectivity index (χ1) is 17.4. The molecule has 2 aliphatic rings. The summed E-state index contributed by atoms with van der Waals surface area (Å²) in [6.45, 7) is 5.31. The lowest BCUT2D eigenvalue weighted by atomic mass is 10.1. The van der Waals surface area contributed by atoms with Crippen LogP contribution in [0.5, 0.6) is 5.75 Å². The number of ether oxygens (including phenoxy) is 1. The van der Waals surface area contributed by atoms with Gasteiger partial charge in [-0.25, -0.2) is 9.97 Å². The molecule has 0 bridgehead atoms. The molecule has 184 valence electrons. The van der Waals surface area contributed by atoms with Gasteiger partial charge in [-0.1, -0.05) is 29.3 Å². The van der Waals surface area contributed by atoms with E-state index in [1.807, 2.05) is 12.1 Å². The highest BCUT2D eigenvalue weighted by Crippen LogP contribution is 2.37. The maximum Gasteiger partial charge on any atom is 0.269 e. The number of para-hydroxylation sites is 1. The van der Waals surface area contributed by atoms with Gasteiger partial charge in [-0.2, -0.15) is 4.98 Å². The average Bonchev–Trinajstić information content (AvgIpc) is 2.85. The fourth-order valence-corrected chi connectivity index (χ4v) is 5.40. The molecular formula is C25H23Cl2N7O2. The number of hydrogen-bond donors (Lipinski definition) is 1. The Morgan fingerprint density at radius 2 is 1.92 bits per heavy atom. The highest BCUT2D eigenvalue weighted by Gasteiger charge is 2.31. The van der Waals surface area contributed by atoms with E-state index < -0.39 is 0 Å². The monoisotopic (exact) mass is 523 g/mol. The van der Waals surface area contributed by atoms with Crippen LogP contribution in [0.4, 0.5) is 17.3 Å². The van der Waals surface area contributed by atoms with Gasteiger partial charge in [-0.05, 0) is 44.3 Å². The lowest BCUT2D eigenvalue weighted by molar-refractivity contribution is 0.188. The largest absolute Gasteiger partial charge is 0.489 e. The Kier molecular flexibility index (Phi) is 5.70. The molecule has 1 N–H and O–H groups in total. The fraction of sp³-hybridized carbons (Fsp3) is 0.280. The average molecular weight is 524 g/mol. The molecule has 4 heterocycles. The van der Waals surface area contributed by atoms with Crippen molar-refractivity contribution in [2.45, 2.75) is 13.0 Å². The molecule has 0 amide bonds. The Balaban J connectivity index is 1.34. The van der Waals surface area contributed by atoms with Gasteiger partial charge in [0.25, 0.3) is 5.56 Å². The van der Waals surface area contributed by atoms with E-state index in [1.165, 1.54) is 10.8 Å². The summed E-state index contributed by atoms with van der Waals surface area (Å²) in [5.74, 6) is 1.63. The number of aromatic nitrogens is 4. The second-order valence-electron chi connectivity index (χ2n) is 9.03. The molecule has 0 spiro atoms. The van der Waals surface area contributed by atoms with E-state index in [0.29, 0.717) is 40.2 Å². The van der Waals surface area contributed by atoms with Crippen LogP contribution in [0.25, 0.3) is 16.7 Å².